The molecule has 1 aliphatic rings. The summed E-state index contributed by atoms with van der Waals surface area (Å²) in [6.07, 6.45) is -6.22. The summed E-state index contributed by atoms with van der Waals surface area (Å²) < 4.78 is 101. The van der Waals surface area contributed by atoms with Gasteiger partial charge in [-0.2, -0.15) is 26.3 Å². The first kappa shape index (κ1) is 19.7. The van der Waals surface area contributed by atoms with Gasteiger partial charge < -0.3 is 4.74 Å². The third-order valence-corrected chi connectivity index (χ3v) is 4.42. The van der Waals surface area contributed by atoms with E-state index in [1.807, 2.05) is 0 Å². The molecule has 0 radical (unpaired) electrons. The number of halogens is 6. The molecule has 0 heterocycles. The summed E-state index contributed by atoms with van der Waals surface area (Å²) in [6.45, 7) is 2.57. The van der Waals surface area contributed by atoms with Crippen LogP contribution in [-0.4, -0.2) is 38.2 Å². The van der Waals surface area contributed by atoms with E-state index in [2.05, 4.69) is 11.3 Å². The van der Waals surface area contributed by atoms with Crippen LogP contribution in [0.2, 0.25) is 0 Å². The van der Waals surface area contributed by atoms with Gasteiger partial charge in [0, 0.05) is 6.04 Å². The van der Waals surface area contributed by atoms with Gasteiger partial charge in [0.15, 0.2) is 0 Å². The van der Waals surface area contributed by atoms with Crippen molar-refractivity contribution in [2.45, 2.75) is 49.5 Å². The van der Waals surface area contributed by atoms with Crippen molar-refractivity contribution in [1.29, 1.82) is 0 Å². The van der Waals surface area contributed by atoms with Crippen molar-refractivity contribution in [2.24, 2.45) is 0 Å². The van der Waals surface area contributed by atoms with E-state index in [4.69, 9.17) is 0 Å². The molecule has 0 aliphatic heterocycles. The summed E-state index contributed by atoms with van der Waals surface area (Å²) in [4.78, 5) is 11.2. The van der Waals surface area contributed by atoms with Crippen LogP contribution in [0.3, 0.4) is 0 Å². The molecule has 0 aromatic heterocycles. The first-order valence-corrected chi connectivity index (χ1v) is 7.78. The highest BCUT2D eigenvalue weighted by Gasteiger charge is 2.47. The van der Waals surface area contributed by atoms with Crippen LogP contribution in [0.25, 0.3) is 0 Å². The maximum Gasteiger partial charge on any atom is 0.511 e. The second-order valence-electron chi connectivity index (χ2n) is 4.92. The van der Waals surface area contributed by atoms with Gasteiger partial charge in [-0.3, -0.25) is 0 Å². The molecule has 0 saturated heterocycles. The Morgan fingerprint density at radius 1 is 1.04 bits per heavy atom. The number of carbonyl (C=O) groups is 1. The molecule has 1 aliphatic carbocycles. The smallest absolute Gasteiger partial charge is 0.459 e. The number of hydrogen-bond donors (Lipinski definition) is 1. The lowest BCUT2D eigenvalue weighted by Gasteiger charge is -2.29. The largest absolute Gasteiger partial charge is 0.511 e. The van der Waals surface area contributed by atoms with E-state index in [1.165, 1.54) is 4.72 Å². The van der Waals surface area contributed by atoms with E-state index < -0.39 is 45.4 Å². The van der Waals surface area contributed by atoms with E-state index in [1.54, 1.807) is 0 Å². The van der Waals surface area contributed by atoms with Gasteiger partial charge >= 0.3 is 27.7 Å². The van der Waals surface area contributed by atoms with Gasteiger partial charge in [0.1, 0.15) is 11.7 Å². The molecule has 0 aromatic rings. The first-order valence-electron chi connectivity index (χ1n) is 6.29. The van der Waals surface area contributed by atoms with Gasteiger partial charge in [-0.1, -0.05) is 6.58 Å². The topological polar surface area (TPSA) is 72.5 Å². The molecular weight excluding hydrogens is 356 g/mol. The van der Waals surface area contributed by atoms with Crippen LogP contribution in [0, 0.1) is 0 Å². The molecule has 0 aromatic carbocycles. The van der Waals surface area contributed by atoms with Crippen LogP contribution >= 0.6 is 0 Å². The molecule has 1 saturated carbocycles. The zero-order chi connectivity index (χ0) is 18.1. The average Bonchev–Trinajstić information content (AvgIpc) is 2.37. The van der Waals surface area contributed by atoms with E-state index in [0.717, 1.165) is 0 Å². The van der Waals surface area contributed by atoms with Gasteiger partial charge in [0.25, 0.3) is 0 Å². The molecule has 5 nitrogen and oxygen atoms in total. The van der Waals surface area contributed by atoms with Gasteiger partial charge in [0.2, 0.25) is 0 Å². The summed E-state index contributed by atoms with van der Waals surface area (Å²) in [6, 6.07) is -1.03. The minimum absolute atomic E-state index is 0.0675. The monoisotopic (exact) mass is 369 g/mol. The fraction of sp³-hybridized carbons (Fsp3) is 0.727. The van der Waals surface area contributed by atoms with E-state index in [-0.39, 0.29) is 25.7 Å². The summed E-state index contributed by atoms with van der Waals surface area (Å²) in [7, 11) is -5.49. The molecule has 134 valence electrons. The third-order valence-electron chi connectivity index (χ3n) is 3.16. The Hall–Kier alpha value is -1.30. The van der Waals surface area contributed by atoms with Crippen LogP contribution in [0.5, 0.6) is 0 Å². The van der Waals surface area contributed by atoms with E-state index in [9.17, 15) is 39.6 Å². The average molecular weight is 369 g/mol. The molecule has 0 unspecified atom stereocenters. The zero-order valence-electron chi connectivity index (χ0n) is 11.5. The molecule has 12 heteroatoms. The van der Waals surface area contributed by atoms with Crippen LogP contribution in [0.4, 0.5) is 26.3 Å². The standard InChI is InChI=1S/C11H13F6NO4S/c1-6(10(12,13)14)9(19)22-8-4-2-7(3-5-8)18-23(20,21)11(15,16)17/h7-8,18H,1-5H2. The Morgan fingerprint density at radius 3 is 1.91 bits per heavy atom. The van der Waals surface area contributed by atoms with Crippen molar-refractivity contribution >= 4 is 16.0 Å². The fourth-order valence-electron chi connectivity index (χ4n) is 1.92. The lowest BCUT2D eigenvalue weighted by Crippen LogP contribution is -2.45. The predicted octanol–water partition coefficient (Wildman–Crippen LogP) is 2.40. The van der Waals surface area contributed by atoms with Crippen LogP contribution in [0.1, 0.15) is 25.7 Å². The number of ether oxygens (including phenoxy) is 1. The lowest BCUT2D eigenvalue weighted by molar-refractivity contribution is -0.156. The molecule has 0 bridgehead atoms. The van der Waals surface area contributed by atoms with Crippen molar-refractivity contribution in [3.8, 4) is 0 Å². The number of rotatable bonds is 4. The van der Waals surface area contributed by atoms with E-state index in [0.29, 0.717) is 0 Å². The van der Waals surface area contributed by atoms with Crippen molar-refractivity contribution < 1.29 is 44.3 Å². The van der Waals surface area contributed by atoms with Gasteiger partial charge in [0.05, 0.1) is 0 Å². The highest BCUT2D eigenvalue weighted by Crippen LogP contribution is 2.29. The van der Waals surface area contributed by atoms with Crippen molar-refractivity contribution in [1.82, 2.24) is 4.72 Å². The predicted molar refractivity (Wildman–Crippen MR) is 65.4 cm³/mol. The molecule has 23 heavy (non-hydrogen) atoms. The number of hydrogen-bond acceptors (Lipinski definition) is 4. The SMILES string of the molecule is C=C(C(=O)OC1CCC(NS(=O)(=O)C(F)(F)F)CC1)C(F)(F)F. The second kappa shape index (κ2) is 6.67. The van der Waals surface area contributed by atoms with Crippen LogP contribution in [-0.2, 0) is 19.6 Å². The van der Waals surface area contributed by atoms with Crippen LogP contribution in [0.15, 0.2) is 12.2 Å². The maximum atomic E-state index is 12.2. The summed E-state index contributed by atoms with van der Waals surface area (Å²) in [5.41, 5.74) is -7.13. The first-order chi connectivity index (χ1) is 10.2. The fourth-order valence-corrected chi connectivity index (χ4v) is 2.73. The molecule has 1 fully saturated rings. The summed E-state index contributed by atoms with van der Waals surface area (Å²) in [5.74, 6) is -1.66. The lowest BCUT2D eigenvalue weighted by atomic mass is 9.93. The zero-order valence-corrected chi connectivity index (χ0v) is 12.3. The number of esters is 1. The van der Waals surface area contributed by atoms with Gasteiger partial charge in [-0.15, -0.1) is 0 Å². The Morgan fingerprint density at radius 2 is 1.52 bits per heavy atom. The summed E-state index contributed by atoms with van der Waals surface area (Å²) >= 11 is 0. The Balaban J connectivity index is 2.51. The normalized spacial score (nSPS) is 23.4. The van der Waals surface area contributed by atoms with Gasteiger partial charge in [-0.25, -0.2) is 17.9 Å². The van der Waals surface area contributed by atoms with Gasteiger partial charge in [-0.05, 0) is 25.7 Å². The Labute approximate surface area is 127 Å². The molecule has 1 rings (SSSR count). The van der Waals surface area contributed by atoms with E-state index >= 15 is 0 Å². The molecular formula is C11H13F6NO4S. The minimum Gasteiger partial charge on any atom is -0.459 e. The molecule has 1 N–H and O–H groups in total. The summed E-state index contributed by atoms with van der Waals surface area (Å²) in [5, 5.41) is 0. The second-order valence-corrected chi connectivity index (χ2v) is 6.63. The molecule has 0 spiro atoms. The quantitative estimate of drug-likeness (QED) is 0.469. The number of carbonyl (C=O) groups excluding carboxylic acids is 1. The Kier molecular flexibility index (Phi) is 5.73. The highest BCUT2D eigenvalue weighted by molar-refractivity contribution is 7.90. The maximum absolute atomic E-state index is 12.2. The van der Waals surface area contributed by atoms with Crippen molar-refractivity contribution in [3.05, 3.63) is 12.2 Å². The van der Waals surface area contributed by atoms with Crippen molar-refractivity contribution in [3.63, 3.8) is 0 Å². The number of nitrogens with one attached hydrogen (secondary N) is 1. The molecule has 0 atom stereocenters. The van der Waals surface area contributed by atoms with Crippen molar-refractivity contribution in [2.75, 3.05) is 0 Å². The number of alkyl halides is 6. The Bertz CT molecular complexity index is 560. The number of sulfonamides is 1. The highest BCUT2D eigenvalue weighted by atomic mass is 32.2. The molecule has 0 amide bonds. The minimum atomic E-state index is -5.49. The third kappa shape index (κ3) is 5.37. The van der Waals surface area contributed by atoms with Crippen LogP contribution < -0.4 is 4.72 Å².